The summed E-state index contributed by atoms with van der Waals surface area (Å²) in [5.74, 6) is 0. The van der Waals surface area contributed by atoms with E-state index in [4.69, 9.17) is 17.0 Å². The van der Waals surface area contributed by atoms with Crippen molar-refractivity contribution in [3.63, 3.8) is 0 Å². The summed E-state index contributed by atoms with van der Waals surface area (Å²) < 4.78 is 5.14. The molecule has 0 unspecified atom stereocenters. The first kappa shape index (κ1) is 8.74. The molecule has 0 spiro atoms. The van der Waals surface area contributed by atoms with Crippen LogP contribution in [0.4, 0.5) is 0 Å². The monoisotopic (exact) mass is 188 g/mol. The lowest BCUT2D eigenvalue weighted by Gasteiger charge is -2.26. The van der Waals surface area contributed by atoms with Crippen LogP contribution in [0.15, 0.2) is 4.99 Å². The zero-order chi connectivity index (χ0) is 8.10. The first-order valence-electron chi connectivity index (χ1n) is 3.29. The van der Waals surface area contributed by atoms with Crippen LogP contribution >= 0.6 is 24.4 Å². The third kappa shape index (κ3) is 2.63. The maximum atomic E-state index is 5.14. The minimum Gasteiger partial charge on any atom is -0.378 e. The maximum Gasteiger partial charge on any atom is 0.205 e. The number of morpholine rings is 1. The molecular formula is C6H8N2OS2. The predicted molar refractivity (Wildman–Crippen MR) is 50.0 cm³/mol. The summed E-state index contributed by atoms with van der Waals surface area (Å²) >= 11 is 9.38. The molecule has 0 atom stereocenters. The fraction of sp³-hybridized carbons (Fsp3) is 0.667. The van der Waals surface area contributed by atoms with Crippen molar-refractivity contribution < 1.29 is 4.74 Å². The predicted octanol–water partition coefficient (Wildman–Crippen LogP) is 0.706. The van der Waals surface area contributed by atoms with Gasteiger partial charge in [0, 0.05) is 13.1 Å². The lowest BCUT2D eigenvalue weighted by atomic mass is 10.5. The van der Waals surface area contributed by atoms with Gasteiger partial charge in [0.15, 0.2) is 0 Å². The Hall–Kier alpha value is -0.350. The number of ether oxygens (including phenoxy) is 1. The molecule has 0 radical (unpaired) electrons. The summed E-state index contributed by atoms with van der Waals surface area (Å²) in [6.45, 7) is 3.04. The van der Waals surface area contributed by atoms with Crippen LogP contribution in [0.1, 0.15) is 0 Å². The van der Waals surface area contributed by atoms with Crippen LogP contribution in [0.3, 0.4) is 0 Å². The lowest BCUT2D eigenvalue weighted by molar-refractivity contribution is 0.0687. The molecule has 0 N–H and O–H groups in total. The van der Waals surface area contributed by atoms with Crippen molar-refractivity contribution in [1.29, 1.82) is 0 Å². The van der Waals surface area contributed by atoms with Crippen molar-refractivity contribution in [2.24, 2.45) is 4.99 Å². The van der Waals surface area contributed by atoms with Crippen molar-refractivity contribution in [1.82, 2.24) is 4.90 Å². The average molecular weight is 188 g/mol. The summed E-state index contributed by atoms with van der Waals surface area (Å²) in [7, 11) is 0. The standard InChI is InChI=1S/C6H8N2OS2/c10-5-7-6(11)8-1-3-9-4-2-8/h1-4H2. The van der Waals surface area contributed by atoms with E-state index in [1.165, 1.54) is 0 Å². The van der Waals surface area contributed by atoms with Gasteiger partial charge in [-0.2, -0.15) is 4.99 Å². The Kier molecular flexibility index (Phi) is 3.59. The Bertz CT molecular complexity index is 195. The topological polar surface area (TPSA) is 24.8 Å². The smallest absolute Gasteiger partial charge is 0.205 e. The van der Waals surface area contributed by atoms with Crippen molar-refractivity contribution in [2.75, 3.05) is 26.3 Å². The van der Waals surface area contributed by atoms with E-state index in [9.17, 15) is 0 Å². The number of thiocarbonyl (C=S) groups is 2. The molecule has 11 heavy (non-hydrogen) atoms. The summed E-state index contributed by atoms with van der Waals surface area (Å²) in [6, 6.07) is 0. The van der Waals surface area contributed by atoms with Crippen LogP contribution in [0.25, 0.3) is 0 Å². The van der Waals surface area contributed by atoms with Crippen molar-refractivity contribution in [2.45, 2.75) is 0 Å². The highest BCUT2D eigenvalue weighted by Crippen LogP contribution is 1.98. The van der Waals surface area contributed by atoms with Crippen molar-refractivity contribution >= 4 is 34.7 Å². The zero-order valence-electron chi connectivity index (χ0n) is 5.95. The Balaban J connectivity index is 2.44. The van der Waals surface area contributed by atoms with Gasteiger partial charge in [-0.25, -0.2) is 0 Å². The molecule has 1 rings (SSSR count). The van der Waals surface area contributed by atoms with Crippen molar-refractivity contribution in [3.8, 4) is 0 Å². The Morgan fingerprint density at radius 2 is 2.09 bits per heavy atom. The molecule has 0 aromatic heterocycles. The Morgan fingerprint density at radius 1 is 1.45 bits per heavy atom. The molecule has 3 nitrogen and oxygen atoms in total. The lowest BCUT2D eigenvalue weighted by Crippen LogP contribution is -2.38. The van der Waals surface area contributed by atoms with Gasteiger partial charge < -0.3 is 9.64 Å². The van der Waals surface area contributed by atoms with Crippen LogP contribution in [-0.4, -0.2) is 41.5 Å². The highest BCUT2D eigenvalue weighted by atomic mass is 32.1. The summed E-state index contributed by atoms with van der Waals surface area (Å²) in [5, 5.41) is 2.77. The van der Waals surface area contributed by atoms with E-state index in [1.807, 2.05) is 4.90 Å². The third-order valence-electron chi connectivity index (χ3n) is 1.42. The Labute approximate surface area is 76.0 Å². The van der Waals surface area contributed by atoms with Crippen LogP contribution in [0.2, 0.25) is 0 Å². The number of nitrogens with zero attached hydrogens (tertiary/aromatic N) is 2. The van der Waals surface area contributed by atoms with Crippen LogP contribution < -0.4 is 0 Å². The zero-order valence-corrected chi connectivity index (χ0v) is 7.58. The van der Waals surface area contributed by atoms with E-state index < -0.39 is 0 Å². The number of aliphatic imine (C=N–C) groups is 1. The van der Waals surface area contributed by atoms with Gasteiger partial charge in [0.2, 0.25) is 5.11 Å². The van der Waals surface area contributed by atoms with E-state index in [2.05, 4.69) is 22.4 Å². The fourth-order valence-electron chi connectivity index (χ4n) is 0.864. The second-order valence-corrected chi connectivity index (χ2v) is 2.63. The largest absolute Gasteiger partial charge is 0.378 e. The molecular weight excluding hydrogens is 180 g/mol. The molecule has 0 aromatic rings. The third-order valence-corrected chi connectivity index (χ3v) is 1.86. The molecule has 0 aliphatic carbocycles. The minimum atomic E-state index is 0.517. The fourth-order valence-corrected chi connectivity index (χ4v) is 1.24. The second kappa shape index (κ2) is 4.51. The molecule has 0 amide bonds. The van der Waals surface area contributed by atoms with E-state index >= 15 is 0 Å². The summed E-state index contributed by atoms with van der Waals surface area (Å²) in [5.41, 5.74) is 0. The van der Waals surface area contributed by atoms with Gasteiger partial charge in [-0.05, 0) is 24.4 Å². The van der Waals surface area contributed by atoms with Gasteiger partial charge in [0.05, 0.1) is 18.4 Å². The van der Waals surface area contributed by atoms with Gasteiger partial charge in [-0.1, -0.05) is 0 Å². The first-order chi connectivity index (χ1) is 5.34. The normalized spacial score (nSPS) is 17.3. The molecule has 1 heterocycles. The summed E-state index contributed by atoms with van der Waals surface area (Å²) in [4.78, 5) is 5.67. The SMILES string of the molecule is S=C=NC(=S)N1CCOCC1. The average Bonchev–Trinajstić information content (AvgIpc) is 2.07. The van der Waals surface area contributed by atoms with Gasteiger partial charge in [-0.15, -0.1) is 0 Å². The highest BCUT2D eigenvalue weighted by molar-refractivity contribution is 7.80. The van der Waals surface area contributed by atoms with E-state index in [0.717, 1.165) is 13.1 Å². The van der Waals surface area contributed by atoms with Crippen molar-refractivity contribution in [3.05, 3.63) is 0 Å². The molecule has 0 saturated carbocycles. The highest BCUT2D eigenvalue weighted by Gasteiger charge is 2.11. The molecule has 1 fully saturated rings. The van der Waals surface area contributed by atoms with E-state index in [-0.39, 0.29) is 0 Å². The second-order valence-electron chi connectivity index (χ2n) is 2.09. The molecule has 0 aromatic carbocycles. The summed E-state index contributed by atoms with van der Waals surface area (Å²) in [6.07, 6.45) is 0. The quantitative estimate of drug-likeness (QED) is 0.413. The number of hydrogen-bond donors (Lipinski definition) is 0. The van der Waals surface area contributed by atoms with E-state index in [1.54, 1.807) is 0 Å². The number of hydrogen-bond acceptors (Lipinski definition) is 3. The van der Waals surface area contributed by atoms with Crippen LogP contribution in [0, 0.1) is 0 Å². The molecule has 1 aliphatic heterocycles. The van der Waals surface area contributed by atoms with Crippen LogP contribution in [0.5, 0.6) is 0 Å². The van der Waals surface area contributed by atoms with Gasteiger partial charge >= 0.3 is 0 Å². The number of rotatable bonds is 0. The Morgan fingerprint density at radius 3 is 2.64 bits per heavy atom. The molecule has 1 saturated heterocycles. The van der Waals surface area contributed by atoms with Gasteiger partial charge in [0.25, 0.3) is 0 Å². The van der Waals surface area contributed by atoms with Crippen LogP contribution in [-0.2, 0) is 4.74 Å². The minimum absolute atomic E-state index is 0.517. The van der Waals surface area contributed by atoms with Gasteiger partial charge in [0.1, 0.15) is 0 Å². The molecule has 60 valence electrons. The van der Waals surface area contributed by atoms with E-state index in [0.29, 0.717) is 18.3 Å². The molecule has 1 aliphatic rings. The number of isothiocyanates is 1. The molecule has 0 bridgehead atoms. The maximum absolute atomic E-state index is 5.14. The molecule has 5 heteroatoms. The van der Waals surface area contributed by atoms with Gasteiger partial charge in [-0.3, -0.25) is 0 Å². The first-order valence-corrected chi connectivity index (χ1v) is 4.11.